The summed E-state index contributed by atoms with van der Waals surface area (Å²) in [5, 5.41) is 7.19. The van der Waals surface area contributed by atoms with Gasteiger partial charge < -0.3 is 11.1 Å². The Hall–Kier alpha value is -3.43. The molecule has 7 nitrogen and oxygen atoms in total. The highest BCUT2D eigenvalue weighted by Crippen LogP contribution is 2.31. The highest BCUT2D eigenvalue weighted by molar-refractivity contribution is 5.95. The molecule has 2 aromatic heterocycles. The van der Waals surface area contributed by atoms with Crippen LogP contribution < -0.4 is 11.1 Å². The standard InChI is InChI=1S/C22H25F3N6O/c1-13(2)8-16(15-4-6-17(7-5-15)22(23,24)25)9-28-21(32)18-12-31(30-14(18)3)20-11-27-10-19(26)29-20/h4-7,10-13,16H,8-9H2,1-3H3,(H2,26,29)(H,28,32). The predicted molar refractivity (Wildman–Crippen MR) is 114 cm³/mol. The molecule has 3 N–H and O–H groups in total. The van der Waals surface area contributed by atoms with E-state index in [4.69, 9.17) is 5.73 Å². The van der Waals surface area contributed by atoms with Crippen LogP contribution in [0.5, 0.6) is 0 Å². The molecule has 0 aliphatic heterocycles. The van der Waals surface area contributed by atoms with E-state index in [0.29, 0.717) is 29.4 Å². The van der Waals surface area contributed by atoms with Crippen LogP contribution in [0.3, 0.4) is 0 Å². The zero-order valence-corrected chi connectivity index (χ0v) is 18.0. The zero-order valence-electron chi connectivity index (χ0n) is 18.0. The van der Waals surface area contributed by atoms with Gasteiger partial charge >= 0.3 is 6.18 Å². The molecular formula is C22H25F3N6O. The molecule has 2 heterocycles. The molecule has 1 aromatic carbocycles. The quantitative estimate of drug-likeness (QED) is 0.569. The molecule has 0 bridgehead atoms. The van der Waals surface area contributed by atoms with Crippen molar-refractivity contribution in [2.45, 2.75) is 39.3 Å². The summed E-state index contributed by atoms with van der Waals surface area (Å²) in [6.45, 7) is 6.04. The smallest absolute Gasteiger partial charge is 0.382 e. The lowest BCUT2D eigenvalue weighted by molar-refractivity contribution is -0.137. The molecule has 10 heteroatoms. The fourth-order valence-corrected chi connectivity index (χ4v) is 3.44. The third-order valence-electron chi connectivity index (χ3n) is 4.99. The molecule has 1 unspecified atom stereocenters. The minimum atomic E-state index is -4.38. The van der Waals surface area contributed by atoms with Gasteiger partial charge in [-0.2, -0.15) is 18.3 Å². The summed E-state index contributed by atoms with van der Waals surface area (Å²) in [5.74, 6) is 0.456. The number of aromatic nitrogens is 4. The normalized spacial score (nSPS) is 12.7. The highest BCUT2D eigenvalue weighted by atomic mass is 19.4. The number of halogens is 3. The number of carbonyl (C=O) groups excluding carboxylic acids is 1. The first-order chi connectivity index (χ1) is 15.0. The molecule has 0 aliphatic carbocycles. The van der Waals surface area contributed by atoms with Crippen molar-refractivity contribution in [2.75, 3.05) is 12.3 Å². The zero-order chi connectivity index (χ0) is 23.5. The molecule has 0 saturated heterocycles. The van der Waals surface area contributed by atoms with Crippen molar-refractivity contribution >= 4 is 11.7 Å². The molecule has 0 aliphatic rings. The van der Waals surface area contributed by atoms with Crippen molar-refractivity contribution in [3.8, 4) is 5.82 Å². The third kappa shape index (κ3) is 5.63. The Balaban J connectivity index is 1.74. The fourth-order valence-electron chi connectivity index (χ4n) is 3.44. The maximum absolute atomic E-state index is 12.9. The summed E-state index contributed by atoms with van der Waals surface area (Å²) < 4.78 is 40.1. The van der Waals surface area contributed by atoms with Gasteiger partial charge in [-0.05, 0) is 37.0 Å². The number of nitrogens with two attached hydrogens (primary N) is 1. The Morgan fingerprint density at radius 1 is 1.19 bits per heavy atom. The lowest BCUT2D eigenvalue weighted by atomic mass is 9.89. The Labute approximate surface area is 183 Å². The first kappa shape index (κ1) is 23.2. The highest BCUT2D eigenvalue weighted by Gasteiger charge is 2.30. The number of anilines is 1. The van der Waals surface area contributed by atoms with E-state index in [0.717, 1.165) is 17.7 Å². The number of hydrogen-bond donors (Lipinski definition) is 2. The lowest BCUT2D eigenvalue weighted by Crippen LogP contribution is -2.29. The van der Waals surface area contributed by atoms with Gasteiger partial charge in [-0.15, -0.1) is 0 Å². The van der Waals surface area contributed by atoms with Gasteiger partial charge in [0.05, 0.1) is 29.2 Å². The van der Waals surface area contributed by atoms with E-state index in [1.165, 1.54) is 29.2 Å². The number of carbonyl (C=O) groups is 1. The van der Waals surface area contributed by atoms with E-state index in [1.54, 1.807) is 13.1 Å². The topological polar surface area (TPSA) is 98.7 Å². The van der Waals surface area contributed by atoms with Crippen molar-refractivity contribution in [1.29, 1.82) is 0 Å². The second-order valence-corrected chi connectivity index (χ2v) is 8.03. The van der Waals surface area contributed by atoms with E-state index in [-0.39, 0.29) is 24.2 Å². The molecular weight excluding hydrogens is 421 g/mol. The van der Waals surface area contributed by atoms with Gasteiger partial charge in [-0.1, -0.05) is 26.0 Å². The number of benzene rings is 1. The lowest BCUT2D eigenvalue weighted by Gasteiger charge is -2.21. The summed E-state index contributed by atoms with van der Waals surface area (Å²) in [6, 6.07) is 5.10. The second kappa shape index (κ2) is 9.37. The van der Waals surface area contributed by atoms with Crippen LogP contribution in [0.2, 0.25) is 0 Å². The van der Waals surface area contributed by atoms with Crippen LogP contribution in [0.4, 0.5) is 19.0 Å². The fraction of sp³-hybridized carbons (Fsp3) is 0.364. The van der Waals surface area contributed by atoms with Gasteiger partial charge in [0.15, 0.2) is 5.82 Å². The molecule has 3 rings (SSSR count). The molecule has 0 fully saturated rings. The Bertz CT molecular complexity index is 1080. The minimum Gasteiger partial charge on any atom is -0.382 e. The number of rotatable bonds is 7. The van der Waals surface area contributed by atoms with Crippen LogP contribution in [0.25, 0.3) is 5.82 Å². The van der Waals surface area contributed by atoms with Crippen LogP contribution in [-0.4, -0.2) is 32.2 Å². The van der Waals surface area contributed by atoms with Crippen molar-refractivity contribution < 1.29 is 18.0 Å². The Morgan fingerprint density at radius 2 is 1.88 bits per heavy atom. The average molecular weight is 446 g/mol. The van der Waals surface area contributed by atoms with Gasteiger partial charge in [0.25, 0.3) is 5.91 Å². The van der Waals surface area contributed by atoms with E-state index in [1.807, 2.05) is 13.8 Å². The van der Waals surface area contributed by atoms with E-state index >= 15 is 0 Å². The maximum atomic E-state index is 12.9. The first-order valence-corrected chi connectivity index (χ1v) is 10.1. The maximum Gasteiger partial charge on any atom is 0.416 e. The van der Waals surface area contributed by atoms with Crippen LogP contribution in [0, 0.1) is 12.8 Å². The summed E-state index contributed by atoms with van der Waals surface area (Å²) in [4.78, 5) is 20.9. The van der Waals surface area contributed by atoms with Crippen LogP contribution in [-0.2, 0) is 6.18 Å². The number of nitrogens with one attached hydrogen (secondary N) is 1. The molecule has 1 atom stereocenters. The number of aryl methyl sites for hydroxylation is 1. The SMILES string of the molecule is Cc1nn(-c2cncc(N)n2)cc1C(=O)NCC(CC(C)C)c1ccc(C(F)(F)F)cc1. The van der Waals surface area contributed by atoms with Crippen LogP contribution in [0.15, 0.2) is 42.9 Å². The number of nitrogens with zero attached hydrogens (tertiary/aromatic N) is 4. The Kier molecular flexibility index (Phi) is 6.81. The predicted octanol–water partition coefficient (Wildman–Crippen LogP) is 4.13. The summed E-state index contributed by atoms with van der Waals surface area (Å²) in [7, 11) is 0. The van der Waals surface area contributed by atoms with Crippen molar-refractivity contribution in [1.82, 2.24) is 25.1 Å². The Morgan fingerprint density at radius 3 is 2.47 bits per heavy atom. The number of nitrogen functional groups attached to an aromatic ring is 1. The van der Waals surface area contributed by atoms with Gasteiger partial charge in [0, 0.05) is 18.7 Å². The molecule has 1 amide bonds. The van der Waals surface area contributed by atoms with Crippen molar-refractivity contribution in [3.63, 3.8) is 0 Å². The van der Waals surface area contributed by atoms with Gasteiger partial charge in [-0.3, -0.25) is 9.78 Å². The van der Waals surface area contributed by atoms with E-state index < -0.39 is 11.7 Å². The van der Waals surface area contributed by atoms with Crippen LogP contribution >= 0.6 is 0 Å². The third-order valence-corrected chi connectivity index (χ3v) is 4.99. The number of alkyl halides is 3. The minimum absolute atomic E-state index is 0.128. The second-order valence-electron chi connectivity index (χ2n) is 8.03. The van der Waals surface area contributed by atoms with E-state index in [9.17, 15) is 18.0 Å². The molecule has 0 radical (unpaired) electrons. The summed E-state index contributed by atoms with van der Waals surface area (Å²) in [6.07, 6.45) is 0.760. The van der Waals surface area contributed by atoms with Gasteiger partial charge in [0.2, 0.25) is 0 Å². The van der Waals surface area contributed by atoms with Gasteiger partial charge in [0.1, 0.15) is 5.82 Å². The van der Waals surface area contributed by atoms with Crippen molar-refractivity contribution in [2.24, 2.45) is 5.92 Å². The van der Waals surface area contributed by atoms with Crippen LogP contribution in [0.1, 0.15) is 53.4 Å². The monoisotopic (exact) mass is 446 g/mol. The van der Waals surface area contributed by atoms with E-state index in [2.05, 4.69) is 20.4 Å². The molecule has 3 aromatic rings. The molecule has 0 saturated carbocycles. The largest absolute Gasteiger partial charge is 0.416 e. The molecule has 0 spiro atoms. The number of amides is 1. The van der Waals surface area contributed by atoms with Crippen molar-refractivity contribution in [3.05, 3.63) is 65.2 Å². The average Bonchev–Trinajstić information content (AvgIpc) is 3.12. The first-order valence-electron chi connectivity index (χ1n) is 10.1. The van der Waals surface area contributed by atoms with Gasteiger partial charge in [-0.25, -0.2) is 9.67 Å². The molecule has 170 valence electrons. The molecule has 32 heavy (non-hydrogen) atoms. The summed E-state index contributed by atoms with van der Waals surface area (Å²) in [5.41, 5.74) is 6.57. The number of hydrogen-bond acceptors (Lipinski definition) is 5. The summed E-state index contributed by atoms with van der Waals surface area (Å²) >= 11 is 0.